The Balaban J connectivity index is 1.38. The number of furan rings is 1. The molecule has 5 rings (SSSR count). The summed E-state index contributed by atoms with van der Waals surface area (Å²) < 4.78 is 7.37. The van der Waals surface area contributed by atoms with Crippen molar-refractivity contribution in [3.05, 3.63) is 87.3 Å². The van der Waals surface area contributed by atoms with Crippen LogP contribution in [0.5, 0.6) is 0 Å². The minimum absolute atomic E-state index is 0.0940. The molecule has 4 heterocycles. The fourth-order valence-electron chi connectivity index (χ4n) is 4.03. The number of nitrogens with one attached hydrogen (secondary N) is 1. The van der Waals surface area contributed by atoms with Gasteiger partial charge in [0.05, 0.1) is 29.4 Å². The van der Waals surface area contributed by atoms with E-state index in [0.29, 0.717) is 18.1 Å². The molecule has 7 nitrogen and oxygen atoms in total. The molecule has 0 spiro atoms. The van der Waals surface area contributed by atoms with Gasteiger partial charge in [0, 0.05) is 37.3 Å². The molecule has 0 amide bonds. The summed E-state index contributed by atoms with van der Waals surface area (Å²) in [5, 5.41) is 4.61. The van der Waals surface area contributed by atoms with Gasteiger partial charge in [-0.1, -0.05) is 18.2 Å². The normalized spacial score (nSPS) is 14.1. The average Bonchev–Trinajstić information content (AvgIpc) is 3.40. The second-order valence-electron chi connectivity index (χ2n) is 7.73. The van der Waals surface area contributed by atoms with Crippen molar-refractivity contribution in [1.29, 1.82) is 0 Å². The number of fused-ring (bicyclic) bond motifs is 1. The van der Waals surface area contributed by atoms with Gasteiger partial charge in [-0.3, -0.25) is 9.69 Å². The van der Waals surface area contributed by atoms with Crippen molar-refractivity contribution in [3.63, 3.8) is 0 Å². The molecular weight excluding hydrogens is 378 g/mol. The Labute approximate surface area is 174 Å². The van der Waals surface area contributed by atoms with Crippen molar-refractivity contribution < 1.29 is 4.42 Å². The van der Waals surface area contributed by atoms with E-state index in [0.717, 1.165) is 42.1 Å². The average molecular weight is 401 g/mol. The van der Waals surface area contributed by atoms with Gasteiger partial charge in [0.1, 0.15) is 0 Å². The van der Waals surface area contributed by atoms with Gasteiger partial charge in [-0.15, -0.1) is 0 Å². The third-order valence-corrected chi connectivity index (χ3v) is 5.75. The molecule has 0 saturated heterocycles. The maximum absolute atomic E-state index is 12.7. The van der Waals surface area contributed by atoms with Crippen LogP contribution < -0.4 is 5.56 Å². The summed E-state index contributed by atoms with van der Waals surface area (Å²) in [7, 11) is 0. The molecule has 1 aliphatic rings. The molecule has 0 aliphatic carbocycles. The zero-order valence-corrected chi connectivity index (χ0v) is 17.1. The third-order valence-electron chi connectivity index (χ3n) is 5.75. The number of hydrogen-bond acceptors (Lipinski definition) is 5. The van der Waals surface area contributed by atoms with Gasteiger partial charge in [-0.25, -0.2) is 9.67 Å². The van der Waals surface area contributed by atoms with Crippen LogP contribution in [0.2, 0.25) is 0 Å². The zero-order valence-electron chi connectivity index (χ0n) is 17.1. The molecule has 0 fully saturated rings. The van der Waals surface area contributed by atoms with Crippen molar-refractivity contribution in [2.45, 2.75) is 33.4 Å². The van der Waals surface area contributed by atoms with Gasteiger partial charge in [0.15, 0.2) is 11.6 Å². The second-order valence-corrected chi connectivity index (χ2v) is 7.73. The fraction of sp³-hybridized carbons (Fsp3) is 0.261. The molecule has 1 aliphatic heterocycles. The highest BCUT2D eigenvalue weighted by Gasteiger charge is 2.23. The van der Waals surface area contributed by atoms with E-state index in [-0.39, 0.29) is 5.56 Å². The van der Waals surface area contributed by atoms with E-state index < -0.39 is 0 Å². The highest BCUT2D eigenvalue weighted by Crippen LogP contribution is 2.22. The maximum atomic E-state index is 12.7. The van der Waals surface area contributed by atoms with Crippen LogP contribution in [0, 0.1) is 13.8 Å². The third kappa shape index (κ3) is 3.27. The van der Waals surface area contributed by atoms with Crippen molar-refractivity contribution in [2.24, 2.45) is 0 Å². The number of nitrogens with zero attached hydrogens (tertiary/aromatic N) is 4. The molecule has 1 N–H and O–H groups in total. The highest BCUT2D eigenvalue weighted by atomic mass is 16.3. The molecule has 1 aromatic carbocycles. The molecule has 3 aromatic heterocycles. The van der Waals surface area contributed by atoms with Gasteiger partial charge in [-0.05, 0) is 37.6 Å². The minimum Gasteiger partial charge on any atom is -0.461 e. The van der Waals surface area contributed by atoms with Crippen molar-refractivity contribution in [1.82, 2.24) is 24.6 Å². The van der Waals surface area contributed by atoms with Crippen LogP contribution in [0.15, 0.2) is 58.1 Å². The van der Waals surface area contributed by atoms with E-state index in [9.17, 15) is 4.79 Å². The lowest BCUT2D eigenvalue weighted by molar-refractivity contribution is 0.241. The smallest absolute Gasteiger partial charge is 0.256 e. The summed E-state index contributed by atoms with van der Waals surface area (Å²) in [4.78, 5) is 22.5. The summed E-state index contributed by atoms with van der Waals surface area (Å²) >= 11 is 0. The fourth-order valence-corrected chi connectivity index (χ4v) is 4.03. The van der Waals surface area contributed by atoms with Crippen LogP contribution in [-0.4, -0.2) is 31.2 Å². The first kappa shape index (κ1) is 18.6. The molecule has 0 bridgehead atoms. The summed E-state index contributed by atoms with van der Waals surface area (Å²) in [5.41, 5.74) is 6.06. The molecule has 30 heavy (non-hydrogen) atoms. The van der Waals surface area contributed by atoms with Gasteiger partial charge in [0.25, 0.3) is 5.56 Å². The second kappa shape index (κ2) is 7.42. The van der Waals surface area contributed by atoms with Gasteiger partial charge >= 0.3 is 0 Å². The predicted octanol–water partition coefficient (Wildman–Crippen LogP) is 3.39. The Morgan fingerprint density at radius 2 is 2.03 bits per heavy atom. The Kier molecular flexibility index (Phi) is 4.59. The quantitative estimate of drug-likeness (QED) is 0.567. The van der Waals surface area contributed by atoms with Crippen LogP contribution in [0.3, 0.4) is 0 Å². The predicted molar refractivity (Wildman–Crippen MR) is 113 cm³/mol. The number of rotatable bonds is 4. The first-order valence-corrected chi connectivity index (χ1v) is 10.1. The standard InChI is InChI=1S/C23H23N5O2/c1-15-6-3-4-7-20(15)28-16(2)17(12-24-28)13-27-10-9-19-18(14-27)23(29)26-22(25-19)21-8-5-11-30-21/h3-8,11-12H,9-10,13-14H2,1-2H3,(H,25,26,29). The zero-order chi connectivity index (χ0) is 20.7. The van der Waals surface area contributed by atoms with E-state index >= 15 is 0 Å². The summed E-state index contributed by atoms with van der Waals surface area (Å²) in [6, 6.07) is 11.8. The number of aromatic nitrogens is 4. The largest absolute Gasteiger partial charge is 0.461 e. The van der Waals surface area contributed by atoms with E-state index in [1.807, 2.05) is 23.0 Å². The topological polar surface area (TPSA) is 80.0 Å². The SMILES string of the molecule is Cc1ccccc1-n1ncc(CN2CCc3nc(-c4ccco4)[nH]c(=O)c3C2)c1C. The number of aromatic amines is 1. The van der Waals surface area contributed by atoms with Gasteiger partial charge < -0.3 is 9.40 Å². The van der Waals surface area contributed by atoms with Gasteiger partial charge in [0.2, 0.25) is 0 Å². The van der Waals surface area contributed by atoms with Crippen LogP contribution in [-0.2, 0) is 19.5 Å². The molecular formula is C23H23N5O2. The Morgan fingerprint density at radius 3 is 2.83 bits per heavy atom. The molecule has 152 valence electrons. The summed E-state index contributed by atoms with van der Waals surface area (Å²) in [5.74, 6) is 1.07. The lowest BCUT2D eigenvalue weighted by Gasteiger charge is -2.27. The first-order valence-electron chi connectivity index (χ1n) is 10.1. The molecule has 7 heteroatoms. The van der Waals surface area contributed by atoms with E-state index in [2.05, 4.69) is 45.9 Å². The Morgan fingerprint density at radius 1 is 1.17 bits per heavy atom. The minimum atomic E-state index is -0.0940. The van der Waals surface area contributed by atoms with Crippen molar-refractivity contribution in [2.75, 3.05) is 6.54 Å². The molecule has 0 atom stereocenters. The Bertz CT molecular complexity index is 1250. The van der Waals surface area contributed by atoms with E-state index in [1.54, 1.807) is 18.4 Å². The number of aryl methyl sites for hydroxylation is 1. The Hall–Kier alpha value is -3.45. The highest BCUT2D eigenvalue weighted by molar-refractivity contribution is 5.47. The van der Waals surface area contributed by atoms with Crippen molar-refractivity contribution >= 4 is 0 Å². The summed E-state index contributed by atoms with van der Waals surface area (Å²) in [6.07, 6.45) is 4.24. The van der Waals surface area contributed by atoms with Crippen LogP contribution in [0.1, 0.15) is 28.1 Å². The lowest BCUT2D eigenvalue weighted by Crippen LogP contribution is -2.35. The van der Waals surface area contributed by atoms with E-state index in [1.165, 1.54) is 11.1 Å². The van der Waals surface area contributed by atoms with Crippen LogP contribution in [0.25, 0.3) is 17.3 Å². The molecule has 0 saturated carbocycles. The maximum Gasteiger partial charge on any atom is 0.256 e. The van der Waals surface area contributed by atoms with Crippen LogP contribution >= 0.6 is 0 Å². The summed E-state index contributed by atoms with van der Waals surface area (Å²) in [6.45, 7) is 6.35. The number of H-pyrrole nitrogens is 1. The number of benzene rings is 1. The first-order chi connectivity index (χ1) is 14.6. The molecule has 4 aromatic rings. The number of para-hydroxylation sites is 1. The number of hydrogen-bond donors (Lipinski definition) is 1. The van der Waals surface area contributed by atoms with Gasteiger partial charge in [-0.2, -0.15) is 5.10 Å². The molecule has 0 unspecified atom stereocenters. The van der Waals surface area contributed by atoms with Crippen molar-refractivity contribution in [3.8, 4) is 17.3 Å². The van der Waals surface area contributed by atoms with E-state index in [4.69, 9.17) is 4.42 Å². The van der Waals surface area contributed by atoms with Crippen LogP contribution in [0.4, 0.5) is 0 Å². The monoisotopic (exact) mass is 401 g/mol. The molecule has 0 radical (unpaired) electrons. The lowest BCUT2D eigenvalue weighted by atomic mass is 10.1.